The average Bonchev–Trinajstić information content (AvgIpc) is 3.15. The summed E-state index contributed by atoms with van der Waals surface area (Å²) >= 11 is 0. The van der Waals surface area contributed by atoms with Crippen LogP contribution in [0.25, 0.3) is 27.4 Å². The van der Waals surface area contributed by atoms with Gasteiger partial charge in [0.15, 0.2) is 0 Å². The Balaban J connectivity index is 1.46. The highest BCUT2D eigenvalue weighted by atomic mass is 16.5. The second-order valence-electron chi connectivity index (χ2n) is 7.99. The summed E-state index contributed by atoms with van der Waals surface area (Å²) in [7, 11) is 1.64. The van der Waals surface area contributed by atoms with Gasteiger partial charge in [-0.3, -0.25) is 9.78 Å². The van der Waals surface area contributed by atoms with E-state index in [4.69, 9.17) is 9.15 Å². The van der Waals surface area contributed by atoms with Gasteiger partial charge < -0.3 is 14.5 Å². The Morgan fingerprint density at radius 3 is 2.90 bits per heavy atom. The van der Waals surface area contributed by atoms with Gasteiger partial charge in [-0.2, -0.15) is 0 Å². The van der Waals surface area contributed by atoms with Crippen LogP contribution in [-0.2, 0) is 17.6 Å². The number of ether oxygens (including phenoxy) is 1. The van der Waals surface area contributed by atoms with Gasteiger partial charge in [0, 0.05) is 52.3 Å². The van der Waals surface area contributed by atoms with Crippen molar-refractivity contribution in [1.29, 1.82) is 0 Å². The number of hydrogen-bond donors (Lipinski definition) is 1. The van der Waals surface area contributed by atoms with Crippen LogP contribution in [0.5, 0.6) is 5.75 Å². The first kappa shape index (κ1) is 19.4. The number of methoxy groups -OCH3 is 1. The fourth-order valence-electron chi connectivity index (χ4n) is 4.37. The van der Waals surface area contributed by atoms with Crippen LogP contribution >= 0.6 is 0 Å². The molecule has 1 aliphatic rings. The van der Waals surface area contributed by atoms with Crippen molar-refractivity contribution in [3.63, 3.8) is 0 Å². The Morgan fingerprint density at radius 2 is 2.03 bits per heavy atom. The molecular weight excluding hydrogens is 388 g/mol. The predicted molar refractivity (Wildman–Crippen MR) is 123 cm³/mol. The summed E-state index contributed by atoms with van der Waals surface area (Å²) in [6.07, 6.45) is 7.74. The third-order valence-corrected chi connectivity index (χ3v) is 5.92. The fraction of sp³-hybridized carbons (Fsp3) is 0.231. The topological polar surface area (TPSA) is 64.4 Å². The molecule has 2 aromatic heterocycles. The summed E-state index contributed by atoms with van der Waals surface area (Å²) in [5.41, 5.74) is 5.53. The molecule has 4 aromatic rings. The molecule has 0 unspecified atom stereocenters. The fourth-order valence-corrected chi connectivity index (χ4v) is 4.37. The lowest BCUT2D eigenvalue weighted by Gasteiger charge is -2.11. The molecule has 31 heavy (non-hydrogen) atoms. The SMILES string of the molecule is COc1cc2oc3c(c2cc1/C(C)=C/C(=O)Nc1ccc2ncccc2c1)CCCC3. The van der Waals surface area contributed by atoms with Gasteiger partial charge in [0.25, 0.3) is 0 Å². The number of hydrogen-bond acceptors (Lipinski definition) is 4. The molecule has 1 amide bonds. The third kappa shape index (κ3) is 3.67. The molecule has 2 aromatic carbocycles. The number of carbonyl (C=O) groups is 1. The maximum atomic E-state index is 12.7. The standard InChI is InChI=1S/C26H24N2O3/c1-16(12-26(29)28-18-9-10-22-17(13-18)6-5-11-27-22)20-14-21-19-7-3-4-8-23(19)31-25(21)15-24(20)30-2/h5-6,9-15H,3-4,7-8H2,1-2H3,(H,28,29)/b16-12+. The van der Waals surface area contributed by atoms with Crippen LogP contribution in [0.3, 0.4) is 0 Å². The van der Waals surface area contributed by atoms with Gasteiger partial charge in [-0.05, 0) is 62.1 Å². The lowest BCUT2D eigenvalue weighted by molar-refractivity contribution is -0.111. The van der Waals surface area contributed by atoms with Gasteiger partial charge in [0.05, 0.1) is 12.6 Å². The third-order valence-electron chi connectivity index (χ3n) is 5.92. The summed E-state index contributed by atoms with van der Waals surface area (Å²) in [5, 5.41) is 5.06. The smallest absolute Gasteiger partial charge is 0.248 e. The molecule has 5 nitrogen and oxygen atoms in total. The first-order valence-electron chi connectivity index (χ1n) is 10.6. The van der Waals surface area contributed by atoms with Crippen LogP contribution in [-0.4, -0.2) is 18.0 Å². The summed E-state index contributed by atoms with van der Waals surface area (Å²) in [5.74, 6) is 1.61. The van der Waals surface area contributed by atoms with Crippen LogP contribution in [0.15, 0.2) is 59.2 Å². The second-order valence-corrected chi connectivity index (χ2v) is 7.99. The number of pyridine rings is 1. The molecule has 0 aliphatic heterocycles. The summed E-state index contributed by atoms with van der Waals surface area (Å²) in [4.78, 5) is 17.0. The van der Waals surface area contributed by atoms with E-state index in [1.165, 1.54) is 18.4 Å². The van der Waals surface area contributed by atoms with Gasteiger partial charge in [-0.15, -0.1) is 0 Å². The lowest BCUT2D eigenvalue weighted by Crippen LogP contribution is -2.08. The molecule has 0 saturated carbocycles. The minimum atomic E-state index is -0.183. The Bertz CT molecular complexity index is 1330. The van der Waals surface area contributed by atoms with Crippen LogP contribution in [0, 0.1) is 0 Å². The Hall–Kier alpha value is -3.60. The molecule has 2 heterocycles. The molecular formula is C26H24N2O3. The Kier molecular flexibility index (Phi) is 4.94. The van der Waals surface area contributed by atoms with Gasteiger partial charge in [-0.1, -0.05) is 6.07 Å². The molecule has 1 N–H and O–H groups in total. The minimum Gasteiger partial charge on any atom is -0.496 e. The van der Waals surface area contributed by atoms with Gasteiger partial charge in [-0.25, -0.2) is 0 Å². The molecule has 0 fully saturated rings. The van der Waals surface area contributed by atoms with Crippen LogP contribution < -0.4 is 10.1 Å². The van der Waals surface area contributed by atoms with Crippen molar-refractivity contribution in [3.05, 3.63) is 71.6 Å². The number of furan rings is 1. The number of fused-ring (bicyclic) bond motifs is 4. The quantitative estimate of drug-likeness (QED) is 0.423. The zero-order valence-electron chi connectivity index (χ0n) is 17.7. The monoisotopic (exact) mass is 412 g/mol. The van der Waals surface area contributed by atoms with E-state index in [0.717, 1.165) is 57.3 Å². The highest BCUT2D eigenvalue weighted by Gasteiger charge is 2.20. The maximum Gasteiger partial charge on any atom is 0.248 e. The zero-order valence-corrected chi connectivity index (χ0v) is 17.7. The first-order chi connectivity index (χ1) is 15.1. The predicted octanol–water partition coefficient (Wildman–Crippen LogP) is 5.91. The highest BCUT2D eigenvalue weighted by molar-refractivity contribution is 6.05. The largest absolute Gasteiger partial charge is 0.496 e. The number of benzene rings is 2. The molecule has 5 heteroatoms. The van der Waals surface area contributed by atoms with Crippen LogP contribution in [0.1, 0.15) is 36.7 Å². The van der Waals surface area contributed by atoms with Crippen molar-refractivity contribution in [1.82, 2.24) is 4.98 Å². The zero-order chi connectivity index (χ0) is 21.4. The molecule has 1 aliphatic carbocycles. The van der Waals surface area contributed by atoms with E-state index >= 15 is 0 Å². The Morgan fingerprint density at radius 1 is 1.16 bits per heavy atom. The minimum absolute atomic E-state index is 0.183. The summed E-state index contributed by atoms with van der Waals surface area (Å²) in [6.45, 7) is 1.93. The summed E-state index contributed by atoms with van der Waals surface area (Å²) < 4.78 is 11.7. The maximum absolute atomic E-state index is 12.7. The first-order valence-corrected chi connectivity index (χ1v) is 10.6. The van der Waals surface area contributed by atoms with E-state index < -0.39 is 0 Å². The van der Waals surface area contributed by atoms with Crippen LogP contribution in [0.4, 0.5) is 5.69 Å². The van der Waals surface area contributed by atoms with Crippen molar-refractivity contribution in [2.24, 2.45) is 0 Å². The van der Waals surface area contributed by atoms with Crippen molar-refractivity contribution in [2.45, 2.75) is 32.6 Å². The van der Waals surface area contributed by atoms with Gasteiger partial charge in [0.2, 0.25) is 5.91 Å². The highest BCUT2D eigenvalue weighted by Crippen LogP contribution is 2.37. The van der Waals surface area contributed by atoms with E-state index in [0.29, 0.717) is 5.75 Å². The van der Waals surface area contributed by atoms with Gasteiger partial charge in [0.1, 0.15) is 17.1 Å². The van der Waals surface area contributed by atoms with E-state index in [1.807, 2.05) is 43.3 Å². The number of allylic oxidation sites excluding steroid dienone is 1. The molecule has 0 saturated heterocycles. The number of anilines is 1. The average molecular weight is 412 g/mol. The van der Waals surface area contributed by atoms with Crippen molar-refractivity contribution >= 4 is 39.0 Å². The summed E-state index contributed by atoms with van der Waals surface area (Å²) in [6, 6.07) is 13.6. The van der Waals surface area contributed by atoms with E-state index in [2.05, 4.69) is 16.4 Å². The number of amides is 1. The van der Waals surface area contributed by atoms with E-state index in [9.17, 15) is 4.79 Å². The molecule has 0 radical (unpaired) electrons. The molecule has 5 rings (SSSR count). The number of carbonyl (C=O) groups excluding carboxylic acids is 1. The second kappa shape index (κ2) is 7.91. The molecule has 0 spiro atoms. The number of nitrogens with one attached hydrogen (secondary N) is 1. The molecule has 156 valence electrons. The number of nitrogens with zero attached hydrogens (tertiary/aromatic N) is 1. The lowest BCUT2D eigenvalue weighted by atomic mass is 9.94. The van der Waals surface area contributed by atoms with Crippen molar-refractivity contribution in [3.8, 4) is 5.75 Å². The molecule has 0 atom stereocenters. The molecule has 0 bridgehead atoms. The Labute approximate surface area is 180 Å². The van der Waals surface area contributed by atoms with E-state index in [1.54, 1.807) is 19.4 Å². The van der Waals surface area contributed by atoms with Crippen molar-refractivity contribution < 1.29 is 13.9 Å². The van der Waals surface area contributed by atoms with Gasteiger partial charge >= 0.3 is 0 Å². The van der Waals surface area contributed by atoms with E-state index in [-0.39, 0.29) is 5.91 Å². The van der Waals surface area contributed by atoms with Crippen molar-refractivity contribution in [2.75, 3.05) is 12.4 Å². The number of aryl methyl sites for hydroxylation is 2. The number of aromatic nitrogens is 1. The normalized spacial score (nSPS) is 13.9. The van der Waals surface area contributed by atoms with Crippen LogP contribution in [0.2, 0.25) is 0 Å². The number of rotatable bonds is 4.